The van der Waals surface area contributed by atoms with Gasteiger partial charge in [0, 0.05) is 12.3 Å². The number of nitrogen functional groups attached to an aromatic ring is 1. The van der Waals surface area contributed by atoms with Crippen LogP contribution in [0.3, 0.4) is 0 Å². The average molecular weight is 230 g/mol. The number of hydrogen-bond donors (Lipinski definition) is 1. The van der Waals surface area contributed by atoms with E-state index in [1.54, 1.807) is 20.4 Å². The van der Waals surface area contributed by atoms with E-state index >= 15 is 0 Å². The lowest BCUT2D eigenvalue weighted by molar-refractivity contribution is 0.394. The third-order valence-electron chi connectivity index (χ3n) is 2.47. The SMILES string of the molecule is COc1cc(OC)cc(-c2ccnc(N)c2)c1. The third kappa shape index (κ3) is 2.47. The molecule has 17 heavy (non-hydrogen) atoms. The van der Waals surface area contributed by atoms with E-state index in [0.717, 1.165) is 22.6 Å². The number of pyridine rings is 1. The largest absolute Gasteiger partial charge is 0.497 e. The zero-order valence-electron chi connectivity index (χ0n) is 9.81. The lowest BCUT2D eigenvalue weighted by Gasteiger charge is -2.08. The maximum absolute atomic E-state index is 5.66. The van der Waals surface area contributed by atoms with Gasteiger partial charge < -0.3 is 15.2 Å². The summed E-state index contributed by atoms with van der Waals surface area (Å²) in [5.74, 6) is 1.98. The number of anilines is 1. The van der Waals surface area contributed by atoms with Gasteiger partial charge in [0.15, 0.2) is 0 Å². The van der Waals surface area contributed by atoms with E-state index in [0.29, 0.717) is 5.82 Å². The summed E-state index contributed by atoms with van der Waals surface area (Å²) in [6.07, 6.45) is 1.68. The number of rotatable bonds is 3. The quantitative estimate of drug-likeness (QED) is 0.879. The Bertz CT molecular complexity index is 504. The van der Waals surface area contributed by atoms with Gasteiger partial charge in [-0.3, -0.25) is 0 Å². The Balaban J connectivity index is 2.50. The minimum atomic E-state index is 0.490. The van der Waals surface area contributed by atoms with Gasteiger partial charge in [-0.05, 0) is 35.4 Å². The van der Waals surface area contributed by atoms with Gasteiger partial charge in [0.05, 0.1) is 14.2 Å². The highest BCUT2D eigenvalue weighted by Crippen LogP contribution is 2.29. The zero-order chi connectivity index (χ0) is 12.3. The predicted molar refractivity (Wildman–Crippen MR) is 67.2 cm³/mol. The van der Waals surface area contributed by atoms with E-state index in [9.17, 15) is 0 Å². The van der Waals surface area contributed by atoms with Crippen LogP contribution in [0.1, 0.15) is 0 Å². The normalized spacial score (nSPS) is 10.0. The second-order valence-electron chi connectivity index (χ2n) is 3.57. The standard InChI is InChI=1S/C13H14N2O2/c1-16-11-5-10(6-12(8-11)17-2)9-3-4-15-13(14)7-9/h3-8H,1-2H3,(H2,14,15). The van der Waals surface area contributed by atoms with Gasteiger partial charge in [-0.25, -0.2) is 4.98 Å². The van der Waals surface area contributed by atoms with E-state index in [1.165, 1.54) is 0 Å². The fraction of sp³-hybridized carbons (Fsp3) is 0.154. The van der Waals surface area contributed by atoms with Crippen molar-refractivity contribution in [1.82, 2.24) is 4.98 Å². The van der Waals surface area contributed by atoms with Crippen molar-refractivity contribution in [3.8, 4) is 22.6 Å². The number of ether oxygens (including phenoxy) is 2. The fourth-order valence-electron chi connectivity index (χ4n) is 1.60. The van der Waals surface area contributed by atoms with Crippen LogP contribution in [0.4, 0.5) is 5.82 Å². The Hall–Kier alpha value is -2.23. The van der Waals surface area contributed by atoms with Crippen LogP contribution in [0.25, 0.3) is 11.1 Å². The van der Waals surface area contributed by atoms with Crippen molar-refractivity contribution in [2.45, 2.75) is 0 Å². The van der Waals surface area contributed by atoms with Crippen molar-refractivity contribution in [2.75, 3.05) is 20.0 Å². The van der Waals surface area contributed by atoms with Gasteiger partial charge >= 0.3 is 0 Å². The number of nitrogens with zero attached hydrogens (tertiary/aromatic N) is 1. The van der Waals surface area contributed by atoms with Crippen molar-refractivity contribution < 1.29 is 9.47 Å². The van der Waals surface area contributed by atoms with Gasteiger partial charge in [-0.15, -0.1) is 0 Å². The molecule has 88 valence electrons. The molecule has 2 rings (SSSR count). The molecule has 1 aromatic heterocycles. The minimum Gasteiger partial charge on any atom is -0.497 e. The van der Waals surface area contributed by atoms with E-state index in [2.05, 4.69) is 4.98 Å². The van der Waals surface area contributed by atoms with Crippen LogP contribution in [-0.4, -0.2) is 19.2 Å². The second-order valence-corrected chi connectivity index (χ2v) is 3.57. The van der Waals surface area contributed by atoms with Crippen LogP contribution in [0.5, 0.6) is 11.5 Å². The van der Waals surface area contributed by atoms with Crippen LogP contribution in [0.15, 0.2) is 36.5 Å². The van der Waals surface area contributed by atoms with Crippen molar-refractivity contribution in [1.29, 1.82) is 0 Å². The summed E-state index contributed by atoms with van der Waals surface area (Å²) in [5.41, 5.74) is 7.63. The predicted octanol–water partition coefficient (Wildman–Crippen LogP) is 2.35. The first-order valence-electron chi connectivity index (χ1n) is 5.18. The zero-order valence-corrected chi connectivity index (χ0v) is 9.81. The van der Waals surface area contributed by atoms with Gasteiger partial charge in [-0.1, -0.05) is 0 Å². The highest BCUT2D eigenvalue weighted by atomic mass is 16.5. The molecule has 0 spiro atoms. The summed E-state index contributed by atoms with van der Waals surface area (Å²) in [5, 5.41) is 0. The molecule has 4 nitrogen and oxygen atoms in total. The summed E-state index contributed by atoms with van der Waals surface area (Å²) in [4.78, 5) is 3.97. The highest BCUT2D eigenvalue weighted by molar-refractivity contribution is 5.69. The molecule has 0 amide bonds. The van der Waals surface area contributed by atoms with Gasteiger partial charge in [-0.2, -0.15) is 0 Å². The molecule has 0 aliphatic heterocycles. The van der Waals surface area contributed by atoms with Crippen LogP contribution in [0, 0.1) is 0 Å². The second kappa shape index (κ2) is 4.74. The number of aromatic nitrogens is 1. The van der Waals surface area contributed by atoms with Gasteiger partial charge in [0.2, 0.25) is 0 Å². The summed E-state index contributed by atoms with van der Waals surface area (Å²) < 4.78 is 10.4. The van der Waals surface area contributed by atoms with Crippen molar-refractivity contribution in [2.24, 2.45) is 0 Å². The summed E-state index contributed by atoms with van der Waals surface area (Å²) in [6.45, 7) is 0. The first kappa shape index (κ1) is 11.3. The Morgan fingerprint density at radius 1 is 0.941 bits per heavy atom. The van der Waals surface area contributed by atoms with Crippen LogP contribution in [0.2, 0.25) is 0 Å². The van der Waals surface area contributed by atoms with Crippen molar-refractivity contribution in [3.05, 3.63) is 36.5 Å². The number of hydrogen-bond acceptors (Lipinski definition) is 4. The molecule has 2 N–H and O–H groups in total. The van der Waals surface area contributed by atoms with Crippen molar-refractivity contribution >= 4 is 5.82 Å². The minimum absolute atomic E-state index is 0.490. The average Bonchev–Trinajstić information content (AvgIpc) is 2.38. The van der Waals surface area contributed by atoms with E-state index < -0.39 is 0 Å². The summed E-state index contributed by atoms with van der Waals surface area (Å²) >= 11 is 0. The van der Waals surface area contributed by atoms with Gasteiger partial charge in [0.1, 0.15) is 17.3 Å². The van der Waals surface area contributed by atoms with E-state index in [-0.39, 0.29) is 0 Å². The third-order valence-corrected chi connectivity index (χ3v) is 2.47. The smallest absolute Gasteiger partial charge is 0.123 e. The molecule has 0 saturated heterocycles. The Kier molecular flexibility index (Phi) is 3.14. The number of methoxy groups -OCH3 is 2. The molecule has 0 unspecified atom stereocenters. The van der Waals surface area contributed by atoms with Crippen molar-refractivity contribution in [3.63, 3.8) is 0 Å². The lowest BCUT2D eigenvalue weighted by atomic mass is 10.1. The first-order chi connectivity index (χ1) is 8.22. The molecule has 0 radical (unpaired) electrons. The Labute approximate surface area is 100 Å². The molecule has 0 atom stereocenters. The van der Waals surface area contributed by atoms with Crippen LogP contribution in [-0.2, 0) is 0 Å². The van der Waals surface area contributed by atoms with Gasteiger partial charge in [0.25, 0.3) is 0 Å². The lowest BCUT2D eigenvalue weighted by Crippen LogP contribution is -1.91. The maximum Gasteiger partial charge on any atom is 0.123 e. The molecule has 4 heteroatoms. The first-order valence-corrected chi connectivity index (χ1v) is 5.18. The summed E-state index contributed by atoms with van der Waals surface area (Å²) in [7, 11) is 3.25. The highest BCUT2D eigenvalue weighted by Gasteiger charge is 2.04. The molecular formula is C13H14N2O2. The molecule has 0 aliphatic carbocycles. The molecule has 2 aromatic rings. The molecule has 1 heterocycles. The topological polar surface area (TPSA) is 57.4 Å². The monoisotopic (exact) mass is 230 g/mol. The molecule has 0 fully saturated rings. The van der Waals surface area contributed by atoms with Crippen LogP contribution < -0.4 is 15.2 Å². The van der Waals surface area contributed by atoms with E-state index in [1.807, 2.05) is 30.3 Å². The maximum atomic E-state index is 5.66. The molecular weight excluding hydrogens is 216 g/mol. The number of nitrogens with two attached hydrogens (primary N) is 1. The van der Waals surface area contributed by atoms with Crippen LogP contribution >= 0.6 is 0 Å². The van der Waals surface area contributed by atoms with E-state index in [4.69, 9.17) is 15.2 Å². The summed E-state index contributed by atoms with van der Waals surface area (Å²) in [6, 6.07) is 9.39. The molecule has 0 aliphatic rings. The molecule has 0 bridgehead atoms. The fourth-order valence-corrected chi connectivity index (χ4v) is 1.60. The molecule has 1 aromatic carbocycles. The Morgan fingerprint density at radius 3 is 2.12 bits per heavy atom. The molecule has 0 saturated carbocycles. The Morgan fingerprint density at radius 2 is 1.59 bits per heavy atom. The number of benzene rings is 1.